The third kappa shape index (κ3) is 3.80. The van der Waals surface area contributed by atoms with Gasteiger partial charge in [0, 0.05) is 44.5 Å². The van der Waals surface area contributed by atoms with Crippen molar-refractivity contribution in [1.29, 1.82) is 0 Å². The van der Waals surface area contributed by atoms with Crippen LogP contribution in [0.25, 0.3) is 0 Å². The zero-order valence-corrected chi connectivity index (χ0v) is 12.0. The highest BCUT2D eigenvalue weighted by atomic mass is 15.3. The van der Waals surface area contributed by atoms with Gasteiger partial charge in [-0.15, -0.1) is 0 Å². The number of aromatic nitrogens is 2. The number of rotatable bonds is 6. The Morgan fingerprint density at radius 3 is 3.00 bits per heavy atom. The summed E-state index contributed by atoms with van der Waals surface area (Å²) in [4.78, 5) is 2.63. The fourth-order valence-corrected chi connectivity index (χ4v) is 3.06. The van der Waals surface area contributed by atoms with Crippen molar-refractivity contribution in [3.8, 4) is 0 Å². The molecule has 3 rings (SSSR count). The molecule has 19 heavy (non-hydrogen) atoms. The van der Waals surface area contributed by atoms with E-state index in [9.17, 15) is 0 Å². The zero-order chi connectivity index (χ0) is 13.1. The van der Waals surface area contributed by atoms with E-state index in [2.05, 4.69) is 21.4 Å². The number of likely N-dealkylation sites (tertiary alicyclic amines) is 1. The molecule has 1 N–H and O–H groups in total. The number of hydrogen-bond donors (Lipinski definition) is 1. The van der Waals surface area contributed by atoms with E-state index in [0.29, 0.717) is 0 Å². The molecule has 4 heteroatoms. The molecule has 0 aromatic carbocycles. The van der Waals surface area contributed by atoms with Crippen LogP contribution in [-0.4, -0.2) is 46.9 Å². The van der Waals surface area contributed by atoms with Crippen LogP contribution in [-0.2, 0) is 13.5 Å². The van der Waals surface area contributed by atoms with Crippen LogP contribution in [0, 0.1) is 5.92 Å². The zero-order valence-electron chi connectivity index (χ0n) is 12.0. The summed E-state index contributed by atoms with van der Waals surface area (Å²) in [5, 5.41) is 7.92. The molecule has 1 aliphatic carbocycles. The summed E-state index contributed by atoms with van der Waals surface area (Å²) in [5.41, 5.74) is 1.35. The van der Waals surface area contributed by atoms with Crippen molar-refractivity contribution >= 4 is 0 Å². The van der Waals surface area contributed by atoms with Gasteiger partial charge in [0.2, 0.25) is 0 Å². The van der Waals surface area contributed by atoms with E-state index in [1.54, 1.807) is 0 Å². The van der Waals surface area contributed by atoms with E-state index < -0.39 is 0 Å². The highest BCUT2D eigenvalue weighted by Crippen LogP contribution is 2.21. The molecule has 0 radical (unpaired) electrons. The van der Waals surface area contributed by atoms with E-state index in [0.717, 1.165) is 18.4 Å². The first-order valence-corrected chi connectivity index (χ1v) is 7.74. The highest BCUT2D eigenvalue weighted by Gasteiger charge is 2.24. The van der Waals surface area contributed by atoms with Gasteiger partial charge in [-0.25, -0.2) is 0 Å². The predicted octanol–water partition coefficient (Wildman–Crippen LogP) is 1.43. The van der Waals surface area contributed by atoms with Gasteiger partial charge in [0.1, 0.15) is 0 Å². The molecule has 4 nitrogen and oxygen atoms in total. The smallest absolute Gasteiger partial charge is 0.0492 e. The first-order valence-electron chi connectivity index (χ1n) is 7.74. The summed E-state index contributed by atoms with van der Waals surface area (Å²) in [6.45, 7) is 4.96. The predicted molar refractivity (Wildman–Crippen MR) is 77.1 cm³/mol. The molecular weight excluding hydrogens is 236 g/mol. The van der Waals surface area contributed by atoms with Crippen molar-refractivity contribution < 1.29 is 0 Å². The lowest BCUT2D eigenvalue weighted by Gasteiger charge is -2.32. The van der Waals surface area contributed by atoms with Gasteiger partial charge in [-0.2, -0.15) is 5.10 Å². The van der Waals surface area contributed by atoms with Gasteiger partial charge in [-0.1, -0.05) is 0 Å². The van der Waals surface area contributed by atoms with Gasteiger partial charge in [0.25, 0.3) is 0 Å². The summed E-state index contributed by atoms with van der Waals surface area (Å²) in [6, 6.07) is 2.99. The lowest BCUT2D eigenvalue weighted by atomic mass is 9.97. The third-order valence-corrected chi connectivity index (χ3v) is 4.48. The normalized spacial score (nSPS) is 24.8. The molecular formula is C15H26N4. The first-order chi connectivity index (χ1) is 9.31. The Kier molecular flexibility index (Phi) is 4.18. The Morgan fingerprint density at radius 1 is 1.37 bits per heavy atom. The van der Waals surface area contributed by atoms with Crippen LogP contribution < -0.4 is 5.32 Å². The second-order valence-electron chi connectivity index (χ2n) is 6.19. The Hall–Kier alpha value is -0.870. The standard InChI is InChI=1S/C15H26N4/c1-18-15(6-8-17-18)7-10-19-9-2-3-13(12-19)11-16-14-4-5-14/h6,8,13-14,16H,2-5,7,9-12H2,1H3. The fourth-order valence-electron chi connectivity index (χ4n) is 3.06. The van der Waals surface area contributed by atoms with Crippen molar-refractivity contribution in [1.82, 2.24) is 20.0 Å². The molecule has 1 atom stereocenters. The monoisotopic (exact) mass is 262 g/mol. The number of piperidine rings is 1. The van der Waals surface area contributed by atoms with Gasteiger partial charge in [-0.3, -0.25) is 4.68 Å². The van der Waals surface area contributed by atoms with Gasteiger partial charge < -0.3 is 10.2 Å². The van der Waals surface area contributed by atoms with Gasteiger partial charge in [0.05, 0.1) is 0 Å². The van der Waals surface area contributed by atoms with Crippen LogP contribution >= 0.6 is 0 Å². The van der Waals surface area contributed by atoms with E-state index in [1.165, 1.54) is 57.6 Å². The number of hydrogen-bond acceptors (Lipinski definition) is 3. The molecule has 2 heterocycles. The van der Waals surface area contributed by atoms with Gasteiger partial charge >= 0.3 is 0 Å². The summed E-state index contributed by atoms with van der Waals surface area (Å²) >= 11 is 0. The van der Waals surface area contributed by atoms with E-state index in [4.69, 9.17) is 0 Å². The minimum Gasteiger partial charge on any atom is -0.314 e. The molecule has 1 aliphatic heterocycles. The highest BCUT2D eigenvalue weighted by molar-refractivity contribution is 5.00. The molecule has 1 unspecified atom stereocenters. The molecule has 0 spiro atoms. The largest absolute Gasteiger partial charge is 0.314 e. The Bertz CT molecular complexity index is 397. The van der Waals surface area contributed by atoms with Gasteiger partial charge in [0.15, 0.2) is 0 Å². The number of nitrogens with zero attached hydrogens (tertiary/aromatic N) is 3. The van der Waals surface area contributed by atoms with Crippen LogP contribution in [0.4, 0.5) is 0 Å². The summed E-state index contributed by atoms with van der Waals surface area (Å²) in [6.07, 6.45) is 8.59. The maximum Gasteiger partial charge on any atom is 0.0492 e. The Labute approximate surface area is 116 Å². The molecule has 1 saturated carbocycles. The van der Waals surface area contributed by atoms with Crippen LogP contribution in [0.15, 0.2) is 12.3 Å². The lowest BCUT2D eigenvalue weighted by Crippen LogP contribution is -2.41. The van der Waals surface area contributed by atoms with Gasteiger partial charge in [-0.05, 0) is 50.8 Å². The van der Waals surface area contributed by atoms with Crippen molar-refractivity contribution in [2.75, 3.05) is 26.2 Å². The quantitative estimate of drug-likeness (QED) is 0.842. The Morgan fingerprint density at radius 2 is 2.26 bits per heavy atom. The van der Waals surface area contributed by atoms with Crippen molar-refractivity contribution in [3.05, 3.63) is 18.0 Å². The summed E-state index contributed by atoms with van der Waals surface area (Å²) in [5.74, 6) is 0.862. The van der Waals surface area contributed by atoms with Crippen LogP contribution in [0.1, 0.15) is 31.4 Å². The van der Waals surface area contributed by atoms with Crippen LogP contribution in [0.3, 0.4) is 0 Å². The molecule has 1 saturated heterocycles. The molecule has 106 valence electrons. The van der Waals surface area contributed by atoms with Crippen molar-refractivity contribution in [2.24, 2.45) is 13.0 Å². The molecule has 2 aliphatic rings. The molecule has 1 aromatic rings. The average molecular weight is 262 g/mol. The minimum atomic E-state index is 0.852. The summed E-state index contributed by atoms with van der Waals surface area (Å²) < 4.78 is 2.00. The van der Waals surface area contributed by atoms with Crippen LogP contribution in [0.2, 0.25) is 0 Å². The molecule has 1 aromatic heterocycles. The molecule has 2 fully saturated rings. The fraction of sp³-hybridized carbons (Fsp3) is 0.800. The molecule has 0 amide bonds. The van der Waals surface area contributed by atoms with Crippen molar-refractivity contribution in [3.63, 3.8) is 0 Å². The van der Waals surface area contributed by atoms with E-state index >= 15 is 0 Å². The maximum absolute atomic E-state index is 4.24. The molecule has 0 bridgehead atoms. The Balaban J connectivity index is 1.41. The topological polar surface area (TPSA) is 33.1 Å². The second kappa shape index (κ2) is 6.06. The first kappa shape index (κ1) is 13.1. The second-order valence-corrected chi connectivity index (χ2v) is 6.19. The minimum absolute atomic E-state index is 0.852. The number of aryl methyl sites for hydroxylation is 1. The van der Waals surface area contributed by atoms with E-state index in [1.807, 2.05) is 17.9 Å². The third-order valence-electron chi connectivity index (χ3n) is 4.48. The number of nitrogens with one attached hydrogen (secondary N) is 1. The average Bonchev–Trinajstić information content (AvgIpc) is 3.17. The van der Waals surface area contributed by atoms with E-state index in [-0.39, 0.29) is 0 Å². The summed E-state index contributed by atoms with van der Waals surface area (Å²) in [7, 11) is 2.04. The van der Waals surface area contributed by atoms with Crippen molar-refractivity contribution in [2.45, 2.75) is 38.1 Å². The SMILES string of the molecule is Cn1nccc1CCN1CCCC(CNC2CC2)C1. The lowest BCUT2D eigenvalue weighted by molar-refractivity contribution is 0.173. The van der Waals surface area contributed by atoms with Crippen LogP contribution in [0.5, 0.6) is 0 Å². The maximum atomic E-state index is 4.24.